The number of hydrogen-bond donors (Lipinski definition) is 2. The number of anilines is 1. The predicted molar refractivity (Wildman–Crippen MR) is 64.1 cm³/mol. The van der Waals surface area contributed by atoms with Crippen molar-refractivity contribution in [2.45, 2.75) is 6.42 Å². The van der Waals surface area contributed by atoms with Crippen LogP contribution in [0.15, 0.2) is 29.3 Å². The van der Waals surface area contributed by atoms with E-state index in [1.807, 2.05) is 0 Å². The number of hydrogen-bond acceptors (Lipinski definition) is 6. The van der Waals surface area contributed by atoms with Crippen molar-refractivity contribution in [1.29, 1.82) is 0 Å². The number of carbonyl (C=O) groups is 1. The molecule has 94 valence electrons. The largest absolute Gasteiger partial charge is 0.387 e. The van der Waals surface area contributed by atoms with Gasteiger partial charge >= 0.3 is 0 Å². The lowest BCUT2D eigenvalue weighted by atomic mass is 10.2. The minimum atomic E-state index is -0.188. The van der Waals surface area contributed by atoms with E-state index in [0.717, 1.165) is 5.69 Å². The summed E-state index contributed by atoms with van der Waals surface area (Å²) in [7, 11) is 1.75. The molecule has 0 bridgehead atoms. The minimum absolute atomic E-state index is 0.188. The van der Waals surface area contributed by atoms with Gasteiger partial charge < -0.3 is 15.2 Å². The lowest BCUT2D eigenvalue weighted by Crippen LogP contribution is -2.26. The average Bonchev–Trinajstić information content (AvgIpc) is 2.91. The maximum absolute atomic E-state index is 11.9. The van der Waals surface area contributed by atoms with Crippen molar-refractivity contribution in [3.8, 4) is 0 Å². The number of amides is 1. The summed E-state index contributed by atoms with van der Waals surface area (Å²) in [5, 5.41) is 9.19. The molecule has 0 spiro atoms. The molecule has 0 aliphatic rings. The van der Waals surface area contributed by atoms with Crippen molar-refractivity contribution in [2.75, 3.05) is 18.9 Å². The molecule has 0 saturated heterocycles. The highest BCUT2D eigenvalue weighted by molar-refractivity contribution is 5.99. The zero-order chi connectivity index (χ0) is 12.8. The van der Waals surface area contributed by atoms with Crippen LogP contribution in [-0.4, -0.2) is 34.6 Å². The van der Waals surface area contributed by atoms with Crippen LogP contribution in [0, 0.1) is 0 Å². The van der Waals surface area contributed by atoms with Crippen LogP contribution in [0.4, 0.5) is 5.69 Å². The van der Waals surface area contributed by atoms with E-state index in [1.165, 1.54) is 12.5 Å². The van der Waals surface area contributed by atoms with Gasteiger partial charge in [-0.1, -0.05) is 5.16 Å². The number of carbonyl (C=O) groups excluding carboxylic acids is 1. The van der Waals surface area contributed by atoms with Gasteiger partial charge in [0.2, 0.25) is 5.89 Å². The van der Waals surface area contributed by atoms with Gasteiger partial charge in [-0.2, -0.15) is 4.98 Å². The summed E-state index contributed by atoms with van der Waals surface area (Å²) in [5.74, 6) is 0.308. The second-order valence-corrected chi connectivity index (χ2v) is 3.51. The molecule has 7 heteroatoms. The summed E-state index contributed by atoms with van der Waals surface area (Å²) in [5.41, 5.74) is 1.24. The van der Waals surface area contributed by atoms with Crippen molar-refractivity contribution in [3.05, 3.63) is 36.2 Å². The second-order valence-electron chi connectivity index (χ2n) is 3.51. The molecule has 7 nitrogen and oxygen atoms in total. The lowest BCUT2D eigenvalue weighted by molar-refractivity contribution is 0.0954. The van der Waals surface area contributed by atoms with E-state index >= 15 is 0 Å². The predicted octanol–water partition coefficient (Wildman–Crippen LogP) is 0.479. The van der Waals surface area contributed by atoms with E-state index in [0.29, 0.717) is 24.4 Å². The molecule has 0 fully saturated rings. The Morgan fingerprint density at radius 2 is 2.39 bits per heavy atom. The van der Waals surface area contributed by atoms with Crippen LogP contribution in [0.3, 0.4) is 0 Å². The Balaban J connectivity index is 1.91. The summed E-state index contributed by atoms with van der Waals surface area (Å²) < 4.78 is 4.83. The van der Waals surface area contributed by atoms with Crippen molar-refractivity contribution in [2.24, 2.45) is 0 Å². The van der Waals surface area contributed by atoms with Gasteiger partial charge in [-0.05, 0) is 6.07 Å². The standard InChI is InChI=1S/C11H13N5O2/c1-12-9-2-4-13-6-8(9)11(17)14-5-3-10-15-7-16-18-10/h2,4,6-7H,3,5H2,1H3,(H,12,13)(H,14,17). The third-order valence-electron chi connectivity index (χ3n) is 2.37. The first-order chi connectivity index (χ1) is 8.81. The normalized spacial score (nSPS) is 10.1. The van der Waals surface area contributed by atoms with Gasteiger partial charge in [0.1, 0.15) is 0 Å². The number of nitrogens with zero attached hydrogens (tertiary/aromatic N) is 3. The first kappa shape index (κ1) is 12.0. The molecular formula is C11H13N5O2. The molecule has 0 saturated carbocycles. The highest BCUT2D eigenvalue weighted by Crippen LogP contribution is 2.11. The zero-order valence-electron chi connectivity index (χ0n) is 9.88. The molecular weight excluding hydrogens is 234 g/mol. The highest BCUT2D eigenvalue weighted by Gasteiger charge is 2.10. The van der Waals surface area contributed by atoms with Crippen molar-refractivity contribution in [1.82, 2.24) is 20.4 Å². The first-order valence-electron chi connectivity index (χ1n) is 5.47. The molecule has 2 rings (SSSR count). The van der Waals surface area contributed by atoms with Gasteiger partial charge in [-0.25, -0.2) is 0 Å². The molecule has 2 N–H and O–H groups in total. The topological polar surface area (TPSA) is 92.9 Å². The van der Waals surface area contributed by atoms with Crippen molar-refractivity contribution < 1.29 is 9.32 Å². The number of aromatic nitrogens is 3. The number of nitrogens with one attached hydrogen (secondary N) is 2. The summed E-state index contributed by atoms with van der Waals surface area (Å²) in [6.45, 7) is 0.430. The van der Waals surface area contributed by atoms with Gasteiger partial charge in [0.15, 0.2) is 6.33 Å². The quantitative estimate of drug-likeness (QED) is 0.798. The van der Waals surface area contributed by atoms with Crippen LogP contribution in [-0.2, 0) is 6.42 Å². The van der Waals surface area contributed by atoms with Gasteiger partial charge in [0.25, 0.3) is 5.91 Å². The molecule has 2 heterocycles. The van der Waals surface area contributed by atoms with Crippen LogP contribution in [0.5, 0.6) is 0 Å². The van der Waals surface area contributed by atoms with E-state index < -0.39 is 0 Å². The van der Waals surface area contributed by atoms with Crippen molar-refractivity contribution in [3.63, 3.8) is 0 Å². The van der Waals surface area contributed by atoms with E-state index in [-0.39, 0.29) is 5.91 Å². The monoisotopic (exact) mass is 247 g/mol. The Morgan fingerprint density at radius 1 is 1.50 bits per heavy atom. The summed E-state index contributed by atoms with van der Waals surface area (Å²) in [6.07, 6.45) is 4.98. The lowest BCUT2D eigenvalue weighted by Gasteiger charge is -2.08. The van der Waals surface area contributed by atoms with Gasteiger partial charge in [-0.3, -0.25) is 9.78 Å². The summed E-state index contributed by atoms with van der Waals surface area (Å²) in [4.78, 5) is 19.7. The molecule has 0 aliphatic carbocycles. The third-order valence-corrected chi connectivity index (χ3v) is 2.37. The van der Waals surface area contributed by atoms with E-state index in [2.05, 4.69) is 25.8 Å². The Morgan fingerprint density at radius 3 is 3.11 bits per heavy atom. The molecule has 0 aliphatic heterocycles. The van der Waals surface area contributed by atoms with Crippen LogP contribution in [0.1, 0.15) is 16.2 Å². The zero-order valence-corrected chi connectivity index (χ0v) is 9.88. The molecule has 2 aromatic rings. The van der Waals surface area contributed by atoms with Crippen LogP contribution >= 0.6 is 0 Å². The fourth-order valence-electron chi connectivity index (χ4n) is 1.48. The van der Waals surface area contributed by atoms with Crippen LogP contribution < -0.4 is 10.6 Å². The maximum Gasteiger partial charge on any atom is 0.254 e. The van der Waals surface area contributed by atoms with Crippen molar-refractivity contribution >= 4 is 11.6 Å². The fraction of sp³-hybridized carbons (Fsp3) is 0.273. The molecule has 18 heavy (non-hydrogen) atoms. The van der Waals surface area contributed by atoms with Crippen LogP contribution in [0.2, 0.25) is 0 Å². The Bertz CT molecular complexity index is 512. The van der Waals surface area contributed by atoms with Crippen LogP contribution in [0.25, 0.3) is 0 Å². The third kappa shape index (κ3) is 2.82. The van der Waals surface area contributed by atoms with Gasteiger partial charge in [-0.15, -0.1) is 0 Å². The maximum atomic E-state index is 11.9. The van der Waals surface area contributed by atoms with Gasteiger partial charge in [0, 0.05) is 38.1 Å². The highest BCUT2D eigenvalue weighted by atomic mass is 16.5. The average molecular weight is 247 g/mol. The SMILES string of the molecule is CNc1ccncc1C(=O)NCCc1ncno1. The van der Waals surface area contributed by atoms with Gasteiger partial charge in [0.05, 0.1) is 5.56 Å². The fourth-order valence-corrected chi connectivity index (χ4v) is 1.48. The Labute approximate surface area is 104 Å². The number of rotatable bonds is 5. The van der Waals surface area contributed by atoms with E-state index in [1.54, 1.807) is 19.3 Å². The summed E-state index contributed by atoms with van der Waals surface area (Å²) in [6, 6.07) is 1.74. The molecule has 0 radical (unpaired) electrons. The Kier molecular flexibility index (Phi) is 3.85. The summed E-state index contributed by atoms with van der Waals surface area (Å²) >= 11 is 0. The smallest absolute Gasteiger partial charge is 0.254 e. The molecule has 2 aromatic heterocycles. The number of pyridine rings is 1. The van der Waals surface area contributed by atoms with E-state index in [4.69, 9.17) is 4.52 Å². The molecule has 0 aromatic carbocycles. The minimum Gasteiger partial charge on any atom is -0.387 e. The van der Waals surface area contributed by atoms with E-state index in [9.17, 15) is 4.79 Å². The molecule has 0 atom stereocenters. The second kappa shape index (κ2) is 5.76. The first-order valence-corrected chi connectivity index (χ1v) is 5.47. The molecule has 1 amide bonds. The Hall–Kier alpha value is -2.44. The molecule has 0 unspecified atom stereocenters.